The Morgan fingerprint density at radius 2 is 1.35 bits per heavy atom. The molecule has 198 valence electrons. The fourth-order valence-electron chi connectivity index (χ4n) is 3.58. The van der Waals surface area contributed by atoms with Crippen LogP contribution >= 0.6 is 11.8 Å². The summed E-state index contributed by atoms with van der Waals surface area (Å²) in [6.45, 7) is 2.00. The van der Waals surface area contributed by atoms with Gasteiger partial charge in [0.15, 0.2) is 0 Å². The largest absolute Gasteiger partial charge is 0.324 e. The van der Waals surface area contributed by atoms with Gasteiger partial charge in [0.1, 0.15) is 0 Å². The molecular formula is C29H24N8O2S. The van der Waals surface area contributed by atoms with E-state index in [0.717, 1.165) is 21.8 Å². The van der Waals surface area contributed by atoms with Crippen molar-refractivity contribution in [1.82, 2.24) is 15.0 Å². The predicted octanol–water partition coefficient (Wildman–Crippen LogP) is 7.17. The molecule has 0 aliphatic heterocycles. The summed E-state index contributed by atoms with van der Waals surface area (Å²) in [5.74, 6) is 0.806. The Bertz CT molecular complexity index is 1570. The number of nitrogens with zero attached hydrogens (tertiary/aromatic N) is 5. The molecule has 11 heteroatoms. The Balaban J connectivity index is 1.35. The summed E-state index contributed by atoms with van der Waals surface area (Å²) in [6, 6.07) is 31.8. The van der Waals surface area contributed by atoms with Crippen molar-refractivity contribution in [2.75, 3.05) is 16.1 Å². The highest BCUT2D eigenvalue weighted by molar-refractivity contribution is 7.99. The molecule has 3 N–H and O–H groups in total. The Morgan fingerprint density at radius 3 is 1.93 bits per heavy atom. The standard InChI is InChI=1S/C29H24N8O2S/c1-20-12-15-24(16-13-20)40-26-17-14-21(18-25(26)37(38)39)19-30-36-29-34-27(31-22-8-4-2-5-9-22)33-28(35-29)32-23-10-6-3-7-11-23/h2-19H,1H3,(H3,31,32,33,34,35,36)/b30-19-. The molecule has 0 bridgehead atoms. The van der Waals surface area contributed by atoms with Crippen LogP contribution in [0.25, 0.3) is 0 Å². The molecule has 40 heavy (non-hydrogen) atoms. The average Bonchev–Trinajstić information content (AvgIpc) is 2.96. The van der Waals surface area contributed by atoms with E-state index in [1.807, 2.05) is 91.9 Å². The van der Waals surface area contributed by atoms with Crippen molar-refractivity contribution in [3.63, 3.8) is 0 Å². The molecule has 0 aliphatic carbocycles. The summed E-state index contributed by atoms with van der Waals surface area (Å²) in [5.41, 5.74) is 6.10. The van der Waals surface area contributed by atoms with Gasteiger partial charge < -0.3 is 10.6 Å². The molecule has 0 saturated carbocycles. The number of rotatable bonds is 10. The van der Waals surface area contributed by atoms with Crippen LogP contribution in [-0.4, -0.2) is 26.1 Å². The summed E-state index contributed by atoms with van der Waals surface area (Å²) in [7, 11) is 0. The quantitative estimate of drug-likeness (QED) is 0.0944. The molecule has 4 aromatic carbocycles. The fourth-order valence-corrected chi connectivity index (χ4v) is 4.48. The first kappa shape index (κ1) is 26.3. The number of benzene rings is 4. The molecule has 5 rings (SSSR count). The van der Waals surface area contributed by atoms with Gasteiger partial charge in [0.25, 0.3) is 5.69 Å². The first-order chi connectivity index (χ1) is 19.5. The SMILES string of the molecule is Cc1ccc(Sc2ccc(/C=N\Nc3nc(Nc4ccccc4)nc(Nc4ccccc4)n3)cc2[N+](=O)[O-])cc1. The zero-order valence-corrected chi connectivity index (χ0v) is 22.2. The van der Waals surface area contributed by atoms with E-state index < -0.39 is 4.92 Å². The van der Waals surface area contributed by atoms with Crippen LogP contribution in [0.3, 0.4) is 0 Å². The Kier molecular flexibility index (Phi) is 8.23. The normalized spacial score (nSPS) is 10.8. The number of hydrogen-bond acceptors (Lipinski definition) is 10. The van der Waals surface area contributed by atoms with Gasteiger partial charge in [-0.1, -0.05) is 71.9 Å². The zero-order chi connectivity index (χ0) is 27.7. The third kappa shape index (κ3) is 7.17. The van der Waals surface area contributed by atoms with Gasteiger partial charge in [0.05, 0.1) is 16.0 Å². The van der Waals surface area contributed by atoms with Crippen LogP contribution in [0.5, 0.6) is 0 Å². The summed E-state index contributed by atoms with van der Waals surface area (Å²) in [5, 5.41) is 22.3. The number of hydrazone groups is 1. The minimum atomic E-state index is -0.393. The van der Waals surface area contributed by atoms with Crippen LogP contribution in [0.2, 0.25) is 0 Å². The number of nitro groups is 1. The minimum absolute atomic E-state index is 0.00150. The second kappa shape index (κ2) is 12.5. The summed E-state index contributed by atoms with van der Waals surface area (Å²) in [4.78, 5) is 26.1. The van der Waals surface area contributed by atoms with Gasteiger partial charge in [0, 0.05) is 27.9 Å². The third-order valence-corrected chi connectivity index (χ3v) is 6.57. The van der Waals surface area contributed by atoms with E-state index in [1.165, 1.54) is 24.0 Å². The number of aromatic nitrogens is 3. The molecule has 0 unspecified atom stereocenters. The van der Waals surface area contributed by atoms with Gasteiger partial charge in [-0.2, -0.15) is 20.1 Å². The van der Waals surface area contributed by atoms with Crippen molar-refractivity contribution in [1.29, 1.82) is 0 Å². The lowest BCUT2D eigenvalue weighted by Crippen LogP contribution is -2.07. The molecule has 0 atom stereocenters. The molecule has 5 aromatic rings. The first-order valence-corrected chi connectivity index (χ1v) is 13.1. The first-order valence-electron chi connectivity index (χ1n) is 12.2. The lowest BCUT2D eigenvalue weighted by Gasteiger charge is -2.10. The topological polar surface area (TPSA) is 130 Å². The van der Waals surface area contributed by atoms with Crippen molar-refractivity contribution in [2.24, 2.45) is 5.10 Å². The molecule has 0 radical (unpaired) electrons. The van der Waals surface area contributed by atoms with Crippen molar-refractivity contribution in [3.8, 4) is 0 Å². The van der Waals surface area contributed by atoms with E-state index in [-0.39, 0.29) is 11.6 Å². The lowest BCUT2D eigenvalue weighted by atomic mass is 10.2. The Hall–Kier alpha value is -5.29. The third-order valence-electron chi connectivity index (χ3n) is 5.50. The number of anilines is 5. The van der Waals surface area contributed by atoms with Gasteiger partial charge in [-0.25, -0.2) is 5.43 Å². The zero-order valence-electron chi connectivity index (χ0n) is 21.4. The second-order valence-electron chi connectivity index (χ2n) is 8.56. The monoisotopic (exact) mass is 548 g/mol. The Morgan fingerprint density at radius 1 is 0.775 bits per heavy atom. The van der Waals surface area contributed by atoms with Gasteiger partial charge in [-0.15, -0.1) is 0 Å². The van der Waals surface area contributed by atoms with Gasteiger partial charge >= 0.3 is 0 Å². The number of nitro benzene ring substituents is 1. The van der Waals surface area contributed by atoms with E-state index in [0.29, 0.717) is 22.4 Å². The maximum Gasteiger partial charge on any atom is 0.283 e. The number of hydrogen-bond donors (Lipinski definition) is 3. The van der Waals surface area contributed by atoms with Crippen molar-refractivity contribution < 1.29 is 4.92 Å². The van der Waals surface area contributed by atoms with E-state index in [9.17, 15) is 10.1 Å². The maximum atomic E-state index is 11.8. The van der Waals surface area contributed by atoms with Crippen LogP contribution in [0, 0.1) is 17.0 Å². The lowest BCUT2D eigenvalue weighted by molar-refractivity contribution is -0.387. The summed E-state index contributed by atoms with van der Waals surface area (Å²) >= 11 is 1.34. The fraction of sp³-hybridized carbons (Fsp3) is 0.0345. The van der Waals surface area contributed by atoms with E-state index in [1.54, 1.807) is 12.1 Å². The van der Waals surface area contributed by atoms with Crippen LogP contribution in [0.15, 0.2) is 118 Å². The second-order valence-corrected chi connectivity index (χ2v) is 9.67. The molecule has 0 aliphatic rings. The Labute approximate surface area is 234 Å². The van der Waals surface area contributed by atoms with E-state index in [4.69, 9.17) is 0 Å². The average molecular weight is 549 g/mol. The van der Waals surface area contributed by atoms with Gasteiger partial charge in [-0.3, -0.25) is 10.1 Å². The number of nitrogens with one attached hydrogen (secondary N) is 3. The highest BCUT2D eigenvalue weighted by atomic mass is 32.2. The van der Waals surface area contributed by atoms with Crippen LogP contribution in [0.4, 0.5) is 34.9 Å². The van der Waals surface area contributed by atoms with Gasteiger partial charge in [0.2, 0.25) is 17.8 Å². The highest BCUT2D eigenvalue weighted by Crippen LogP contribution is 2.35. The number of para-hydroxylation sites is 2. The molecule has 10 nitrogen and oxygen atoms in total. The molecule has 0 amide bonds. The van der Waals surface area contributed by atoms with Crippen molar-refractivity contribution in [2.45, 2.75) is 16.7 Å². The summed E-state index contributed by atoms with van der Waals surface area (Å²) in [6.07, 6.45) is 1.48. The maximum absolute atomic E-state index is 11.8. The van der Waals surface area contributed by atoms with Crippen molar-refractivity contribution in [3.05, 3.63) is 124 Å². The van der Waals surface area contributed by atoms with E-state index >= 15 is 0 Å². The van der Waals surface area contributed by atoms with Crippen LogP contribution in [-0.2, 0) is 0 Å². The highest BCUT2D eigenvalue weighted by Gasteiger charge is 2.15. The molecule has 1 aromatic heterocycles. The predicted molar refractivity (Wildman–Crippen MR) is 159 cm³/mol. The van der Waals surface area contributed by atoms with Gasteiger partial charge in [-0.05, 0) is 49.4 Å². The van der Waals surface area contributed by atoms with Crippen LogP contribution in [0.1, 0.15) is 11.1 Å². The van der Waals surface area contributed by atoms with Crippen molar-refractivity contribution >= 4 is 52.9 Å². The smallest absolute Gasteiger partial charge is 0.283 e. The molecule has 0 spiro atoms. The van der Waals surface area contributed by atoms with E-state index in [2.05, 4.69) is 36.1 Å². The summed E-state index contributed by atoms with van der Waals surface area (Å²) < 4.78 is 0. The molecule has 1 heterocycles. The number of aryl methyl sites for hydroxylation is 1. The molecular weight excluding hydrogens is 524 g/mol. The molecule has 0 saturated heterocycles. The molecule has 0 fully saturated rings. The minimum Gasteiger partial charge on any atom is -0.324 e. The van der Waals surface area contributed by atoms with Crippen LogP contribution < -0.4 is 16.1 Å².